The second-order valence-electron chi connectivity index (χ2n) is 2.42. The number of aromatic nitrogens is 3. The summed E-state index contributed by atoms with van der Waals surface area (Å²) in [6, 6.07) is 0. The SMILES string of the molecule is Cn1nc(C(=O)O)c(=O)n(C)c1=S. The Bertz CT molecular complexity index is 473. The van der Waals surface area contributed by atoms with Crippen molar-refractivity contribution < 1.29 is 9.90 Å². The largest absolute Gasteiger partial charge is 0.476 e. The zero-order valence-electron chi connectivity index (χ0n) is 7.01. The molecule has 0 aliphatic rings. The lowest BCUT2D eigenvalue weighted by molar-refractivity contribution is 0.0684. The maximum Gasteiger partial charge on any atom is 0.362 e. The fourth-order valence-corrected chi connectivity index (χ4v) is 0.956. The van der Waals surface area contributed by atoms with Crippen LogP contribution in [0.15, 0.2) is 4.79 Å². The molecule has 0 saturated heterocycles. The van der Waals surface area contributed by atoms with E-state index >= 15 is 0 Å². The van der Waals surface area contributed by atoms with Crippen LogP contribution in [0.4, 0.5) is 0 Å². The van der Waals surface area contributed by atoms with E-state index in [9.17, 15) is 9.59 Å². The predicted molar refractivity (Wildman–Crippen MR) is 46.2 cm³/mol. The number of hydrogen-bond acceptors (Lipinski definition) is 4. The number of hydrogen-bond donors (Lipinski definition) is 1. The van der Waals surface area contributed by atoms with Crippen LogP contribution in [0.1, 0.15) is 10.5 Å². The molecule has 1 N–H and O–H groups in total. The van der Waals surface area contributed by atoms with Gasteiger partial charge >= 0.3 is 5.97 Å². The maximum absolute atomic E-state index is 11.2. The number of nitrogens with zero attached hydrogens (tertiary/aromatic N) is 3. The Labute approximate surface area is 78.0 Å². The van der Waals surface area contributed by atoms with Crippen molar-refractivity contribution >= 4 is 18.2 Å². The molecule has 0 radical (unpaired) electrons. The number of rotatable bonds is 1. The van der Waals surface area contributed by atoms with Gasteiger partial charge in [0.05, 0.1) is 0 Å². The third kappa shape index (κ3) is 1.50. The Balaban J connectivity index is 3.70. The minimum absolute atomic E-state index is 0.176. The van der Waals surface area contributed by atoms with Crippen LogP contribution in [0.2, 0.25) is 0 Å². The number of carbonyl (C=O) groups is 1. The summed E-state index contributed by atoms with van der Waals surface area (Å²) in [6.07, 6.45) is 0. The number of carboxylic acid groups (broad SMARTS) is 1. The van der Waals surface area contributed by atoms with E-state index in [-0.39, 0.29) is 4.77 Å². The van der Waals surface area contributed by atoms with Gasteiger partial charge in [-0.2, -0.15) is 5.10 Å². The second-order valence-corrected chi connectivity index (χ2v) is 2.79. The lowest BCUT2D eigenvalue weighted by atomic mass is 10.5. The van der Waals surface area contributed by atoms with E-state index in [0.717, 1.165) is 4.57 Å². The third-order valence-corrected chi connectivity index (χ3v) is 2.06. The van der Waals surface area contributed by atoms with Crippen LogP contribution in [-0.4, -0.2) is 25.4 Å². The van der Waals surface area contributed by atoms with Crippen molar-refractivity contribution in [1.29, 1.82) is 0 Å². The Morgan fingerprint density at radius 1 is 1.54 bits per heavy atom. The summed E-state index contributed by atoms with van der Waals surface area (Å²) >= 11 is 4.80. The third-order valence-electron chi connectivity index (χ3n) is 1.52. The Hall–Kier alpha value is -1.50. The molecular formula is C6H7N3O3S. The molecule has 0 saturated carbocycles. The molecule has 0 amide bonds. The molecule has 0 fully saturated rings. The molecule has 1 heterocycles. The Morgan fingerprint density at radius 2 is 2.08 bits per heavy atom. The van der Waals surface area contributed by atoms with Crippen LogP contribution in [0.3, 0.4) is 0 Å². The van der Waals surface area contributed by atoms with E-state index in [1.165, 1.54) is 18.8 Å². The van der Waals surface area contributed by atoms with Gasteiger partial charge in [0, 0.05) is 14.1 Å². The van der Waals surface area contributed by atoms with Crippen molar-refractivity contribution in [1.82, 2.24) is 14.3 Å². The van der Waals surface area contributed by atoms with Crippen molar-refractivity contribution in [2.24, 2.45) is 14.1 Å². The normalized spacial score (nSPS) is 10.0. The fourth-order valence-electron chi connectivity index (χ4n) is 0.833. The highest BCUT2D eigenvalue weighted by atomic mass is 32.1. The lowest BCUT2D eigenvalue weighted by Gasteiger charge is -2.03. The first-order chi connectivity index (χ1) is 5.95. The molecule has 6 nitrogen and oxygen atoms in total. The van der Waals surface area contributed by atoms with Crippen LogP contribution in [0, 0.1) is 4.77 Å². The minimum atomic E-state index is -1.36. The predicted octanol–water partition coefficient (Wildman–Crippen LogP) is -0.454. The molecule has 0 aliphatic carbocycles. The second kappa shape index (κ2) is 3.09. The monoisotopic (exact) mass is 201 g/mol. The van der Waals surface area contributed by atoms with Gasteiger partial charge in [-0.25, -0.2) is 9.48 Å². The van der Waals surface area contributed by atoms with E-state index in [1.807, 2.05) is 0 Å². The summed E-state index contributed by atoms with van der Waals surface area (Å²) in [7, 11) is 2.88. The van der Waals surface area contributed by atoms with Gasteiger partial charge in [-0.05, 0) is 12.2 Å². The maximum atomic E-state index is 11.2. The molecule has 0 unspecified atom stereocenters. The van der Waals surface area contributed by atoms with Gasteiger partial charge in [-0.15, -0.1) is 0 Å². The molecule has 0 bridgehead atoms. The quantitative estimate of drug-likeness (QED) is 0.622. The van der Waals surface area contributed by atoms with Gasteiger partial charge in [0.1, 0.15) is 0 Å². The zero-order chi connectivity index (χ0) is 10.2. The molecule has 0 spiro atoms. The van der Waals surface area contributed by atoms with Crippen molar-refractivity contribution in [3.8, 4) is 0 Å². The van der Waals surface area contributed by atoms with Gasteiger partial charge in [0.2, 0.25) is 5.69 Å². The number of carboxylic acids is 1. The van der Waals surface area contributed by atoms with Crippen LogP contribution in [-0.2, 0) is 14.1 Å². The minimum Gasteiger partial charge on any atom is -0.476 e. The van der Waals surface area contributed by atoms with Crippen LogP contribution in [0.25, 0.3) is 0 Å². The van der Waals surface area contributed by atoms with Crippen molar-refractivity contribution in [3.63, 3.8) is 0 Å². The Kier molecular flexibility index (Phi) is 2.28. The molecule has 1 aromatic rings. The van der Waals surface area contributed by atoms with Crippen LogP contribution >= 0.6 is 12.2 Å². The molecule has 7 heteroatoms. The highest BCUT2D eigenvalue weighted by Crippen LogP contribution is 1.87. The average molecular weight is 201 g/mol. The summed E-state index contributed by atoms with van der Waals surface area (Å²) in [4.78, 5) is 21.7. The molecule has 0 atom stereocenters. The van der Waals surface area contributed by atoms with Gasteiger partial charge in [0.25, 0.3) is 5.56 Å². The van der Waals surface area contributed by atoms with Crippen molar-refractivity contribution in [3.05, 3.63) is 20.8 Å². The molecular weight excluding hydrogens is 194 g/mol. The van der Waals surface area contributed by atoms with E-state index in [4.69, 9.17) is 17.3 Å². The van der Waals surface area contributed by atoms with Gasteiger partial charge in [0.15, 0.2) is 4.77 Å². The summed E-state index contributed by atoms with van der Waals surface area (Å²) in [5.74, 6) is -1.36. The van der Waals surface area contributed by atoms with Crippen molar-refractivity contribution in [2.45, 2.75) is 0 Å². The molecule has 0 aliphatic heterocycles. The molecule has 70 valence electrons. The average Bonchev–Trinajstić information content (AvgIpc) is 2.07. The molecule has 1 aromatic heterocycles. The van der Waals surface area contributed by atoms with Gasteiger partial charge < -0.3 is 5.11 Å². The van der Waals surface area contributed by atoms with Gasteiger partial charge in [-0.3, -0.25) is 9.36 Å². The zero-order valence-corrected chi connectivity index (χ0v) is 7.83. The summed E-state index contributed by atoms with van der Waals surface area (Å²) in [5.41, 5.74) is -1.23. The standard InChI is InChI=1S/C6H7N3O3S/c1-8-4(10)3(5(11)12)7-9(2)6(8)13/h1-2H3,(H,11,12). The van der Waals surface area contributed by atoms with E-state index in [0.29, 0.717) is 0 Å². The molecule has 1 rings (SSSR count). The summed E-state index contributed by atoms with van der Waals surface area (Å²) < 4.78 is 2.40. The smallest absolute Gasteiger partial charge is 0.362 e. The van der Waals surface area contributed by atoms with Gasteiger partial charge in [-0.1, -0.05) is 0 Å². The first kappa shape index (κ1) is 9.59. The molecule has 13 heavy (non-hydrogen) atoms. The first-order valence-corrected chi connectivity index (χ1v) is 3.73. The topological polar surface area (TPSA) is 77.1 Å². The van der Waals surface area contributed by atoms with Crippen LogP contribution < -0.4 is 5.56 Å². The Morgan fingerprint density at radius 3 is 2.54 bits per heavy atom. The lowest BCUT2D eigenvalue weighted by Crippen LogP contribution is -2.30. The summed E-state index contributed by atoms with van der Waals surface area (Å²) in [5, 5.41) is 12.1. The van der Waals surface area contributed by atoms with Crippen molar-refractivity contribution in [2.75, 3.05) is 0 Å². The highest BCUT2D eigenvalue weighted by molar-refractivity contribution is 7.71. The van der Waals surface area contributed by atoms with E-state index in [2.05, 4.69) is 5.10 Å². The number of aryl methyl sites for hydroxylation is 1. The van der Waals surface area contributed by atoms with E-state index in [1.54, 1.807) is 0 Å². The number of aromatic carboxylic acids is 1. The summed E-state index contributed by atoms with van der Waals surface area (Å²) in [6.45, 7) is 0. The fraction of sp³-hybridized carbons (Fsp3) is 0.333. The van der Waals surface area contributed by atoms with E-state index < -0.39 is 17.2 Å². The molecule has 0 aromatic carbocycles. The first-order valence-electron chi connectivity index (χ1n) is 3.32. The van der Waals surface area contributed by atoms with Crippen LogP contribution in [0.5, 0.6) is 0 Å². The highest BCUT2D eigenvalue weighted by Gasteiger charge is 2.13.